The van der Waals surface area contributed by atoms with Crippen molar-refractivity contribution < 1.29 is 28.2 Å². The number of benzene rings is 2. The molecule has 8 nitrogen and oxygen atoms in total. The highest BCUT2D eigenvalue weighted by atomic mass is 19.1. The summed E-state index contributed by atoms with van der Waals surface area (Å²) in [5.41, 5.74) is -0.991. The Kier molecular flexibility index (Phi) is 6.44. The van der Waals surface area contributed by atoms with Gasteiger partial charge in [0.15, 0.2) is 11.4 Å². The van der Waals surface area contributed by atoms with Gasteiger partial charge in [-0.15, -0.1) is 0 Å². The van der Waals surface area contributed by atoms with E-state index < -0.39 is 28.4 Å². The maximum Gasteiger partial charge on any atom is 0.415 e. The molecule has 2 aromatic carbocycles. The van der Waals surface area contributed by atoms with Crippen LogP contribution >= 0.6 is 0 Å². The van der Waals surface area contributed by atoms with Gasteiger partial charge in [0.05, 0.1) is 16.6 Å². The summed E-state index contributed by atoms with van der Waals surface area (Å²) >= 11 is 0. The van der Waals surface area contributed by atoms with Crippen LogP contribution in [0.2, 0.25) is 0 Å². The quantitative estimate of drug-likeness (QED) is 0.390. The highest BCUT2D eigenvalue weighted by molar-refractivity contribution is 6.09. The van der Waals surface area contributed by atoms with E-state index >= 15 is 0 Å². The molecular formula is C30H34FN3O5. The number of aromatic nitrogens is 1. The van der Waals surface area contributed by atoms with Gasteiger partial charge >= 0.3 is 12.1 Å². The molecule has 5 rings (SSSR count). The van der Waals surface area contributed by atoms with Crippen molar-refractivity contribution in [3.8, 4) is 5.75 Å². The molecule has 2 heterocycles. The van der Waals surface area contributed by atoms with Crippen LogP contribution in [-0.4, -0.2) is 46.1 Å². The number of anilines is 1. The largest absolute Gasteiger partial charge is 0.448 e. The lowest BCUT2D eigenvalue weighted by Crippen LogP contribution is -2.50. The summed E-state index contributed by atoms with van der Waals surface area (Å²) in [4.78, 5) is 41.2. The molecule has 0 spiro atoms. The maximum atomic E-state index is 14.0. The molecule has 0 radical (unpaired) electrons. The molecule has 2 unspecified atom stereocenters. The van der Waals surface area contributed by atoms with Crippen LogP contribution in [0.25, 0.3) is 10.9 Å². The lowest BCUT2D eigenvalue weighted by Gasteiger charge is -2.35. The fraction of sp³-hybridized carbons (Fsp3) is 0.433. The van der Waals surface area contributed by atoms with Gasteiger partial charge < -0.3 is 24.3 Å². The number of nitrogens with zero attached hydrogens (tertiary/aromatic N) is 2. The van der Waals surface area contributed by atoms with Crippen molar-refractivity contribution in [1.82, 2.24) is 9.47 Å². The standard InChI is InChI=1S/C30H34FN3O5/c1-6-33(7-2)27(37)38-23-12-11-22-21(13-16-34(22)18-19-9-8-10-20(31)17-19)24(23)32-25(35)30-15-14-29(5,26(36)39-30)28(30,3)4/h8-13,16-17H,6-7,14-15,18H2,1-5H3,(H,32,35). The molecule has 2 amide bonds. The number of halogens is 1. The Labute approximate surface area is 227 Å². The molecule has 1 saturated heterocycles. The van der Waals surface area contributed by atoms with Crippen molar-refractivity contribution >= 4 is 34.6 Å². The van der Waals surface area contributed by atoms with Crippen LogP contribution in [-0.2, 0) is 20.9 Å². The van der Waals surface area contributed by atoms with Gasteiger partial charge in [-0.25, -0.2) is 9.18 Å². The minimum Gasteiger partial charge on any atom is -0.448 e. The molecule has 2 atom stereocenters. The van der Waals surface area contributed by atoms with Gasteiger partial charge in [0.1, 0.15) is 5.82 Å². The molecule has 9 heteroatoms. The average molecular weight is 536 g/mol. The minimum absolute atomic E-state index is 0.190. The molecule has 1 N–H and O–H groups in total. The van der Waals surface area contributed by atoms with Gasteiger partial charge in [-0.3, -0.25) is 9.59 Å². The van der Waals surface area contributed by atoms with Crippen LogP contribution in [0.15, 0.2) is 48.7 Å². The van der Waals surface area contributed by atoms with Gasteiger partial charge in [0, 0.05) is 36.6 Å². The number of rotatable bonds is 7. The average Bonchev–Trinajstić information content (AvgIpc) is 3.43. The van der Waals surface area contributed by atoms with E-state index in [0.717, 1.165) is 11.1 Å². The molecule has 2 bridgehead atoms. The first-order valence-electron chi connectivity index (χ1n) is 13.4. The van der Waals surface area contributed by atoms with Crippen molar-refractivity contribution in [2.75, 3.05) is 18.4 Å². The van der Waals surface area contributed by atoms with Crippen LogP contribution in [0.3, 0.4) is 0 Å². The molecule has 1 saturated carbocycles. The number of hydrogen-bond acceptors (Lipinski definition) is 5. The van der Waals surface area contributed by atoms with Crippen molar-refractivity contribution in [1.29, 1.82) is 0 Å². The highest BCUT2D eigenvalue weighted by Crippen LogP contribution is 2.65. The Morgan fingerprint density at radius 3 is 2.46 bits per heavy atom. The molecule has 39 heavy (non-hydrogen) atoms. The van der Waals surface area contributed by atoms with Crippen LogP contribution in [0.4, 0.5) is 14.9 Å². The Bertz CT molecular complexity index is 1480. The monoisotopic (exact) mass is 535 g/mol. The van der Waals surface area contributed by atoms with E-state index in [2.05, 4.69) is 5.32 Å². The van der Waals surface area contributed by atoms with Crippen molar-refractivity contribution in [3.63, 3.8) is 0 Å². The SMILES string of the molecule is CCN(CC)C(=O)Oc1ccc2c(ccn2Cc2cccc(F)c2)c1NC(=O)C12CCC(C)(C(=O)O1)C2(C)C. The van der Waals surface area contributed by atoms with Crippen molar-refractivity contribution in [2.45, 2.75) is 59.6 Å². The molecule has 1 aliphatic heterocycles. The summed E-state index contributed by atoms with van der Waals surface area (Å²) < 4.78 is 27.3. The van der Waals surface area contributed by atoms with Crippen molar-refractivity contribution in [3.05, 3.63) is 60.0 Å². The number of hydrogen-bond donors (Lipinski definition) is 1. The van der Waals surface area contributed by atoms with Gasteiger partial charge in [0.25, 0.3) is 5.91 Å². The topological polar surface area (TPSA) is 89.9 Å². The van der Waals surface area contributed by atoms with E-state index in [9.17, 15) is 18.8 Å². The zero-order chi connectivity index (χ0) is 28.2. The third-order valence-corrected chi connectivity index (χ3v) is 9.06. The first kappa shape index (κ1) is 26.7. The normalized spacial score (nSPS) is 23.1. The summed E-state index contributed by atoms with van der Waals surface area (Å²) in [7, 11) is 0. The van der Waals surface area contributed by atoms with E-state index in [-0.39, 0.29) is 17.5 Å². The second-order valence-electron chi connectivity index (χ2n) is 11.1. The number of amides is 2. The van der Waals surface area contributed by atoms with Gasteiger partial charge in [-0.2, -0.15) is 0 Å². The first-order valence-corrected chi connectivity index (χ1v) is 13.4. The molecule has 2 aliphatic rings. The zero-order valence-corrected chi connectivity index (χ0v) is 23.0. The number of fused-ring (bicyclic) bond motifs is 3. The molecule has 206 valence electrons. The lowest BCUT2D eigenvalue weighted by atomic mass is 9.66. The van der Waals surface area contributed by atoms with Crippen LogP contribution in [0.1, 0.15) is 53.0 Å². The van der Waals surface area contributed by atoms with Crippen LogP contribution in [0, 0.1) is 16.6 Å². The maximum absolute atomic E-state index is 14.0. The smallest absolute Gasteiger partial charge is 0.415 e. The second-order valence-corrected chi connectivity index (χ2v) is 11.1. The van der Waals surface area contributed by atoms with E-state index in [1.54, 1.807) is 18.2 Å². The number of esters is 1. The lowest BCUT2D eigenvalue weighted by molar-refractivity contribution is -0.165. The van der Waals surface area contributed by atoms with Crippen LogP contribution in [0.5, 0.6) is 5.75 Å². The van der Waals surface area contributed by atoms with E-state index in [0.29, 0.717) is 43.5 Å². The summed E-state index contributed by atoms with van der Waals surface area (Å²) in [6.45, 7) is 10.7. The number of nitrogens with one attached hydrogen (secondary N) is 1. The minimum atomic E-state index is -1.34. The molecule has 1 aliphatic carbocycles. The zero-order valence-electron chi connectivity index (χ0n) is 23.0. The fourth-order valence-electron chi connectivity index (χ4n) is 6.04. The summed E-state index contributed by atoms with van der Waals surface area (Å²) in [6.07, 6.45) is 2.25. The molecule has 3 aromatic rings. The van der Waals surface area contributed by atoms with Crippen LogP contribution < -0.4 is 10.1 Å². The van der Waals surface area contributed by atoms with Gasteiger partial charge in [-0.05, 0) is 69.5 Å². The Balaban J connectivity index is 1.56. The third-order valence-electron chi connectivity index (χ3n) is 9.06. The number of carbonyl (C=O) groups is 3. The Morgan fingerprint density at radius 1 is 1.10 bits per heavy atom. The fourth-order valence-corrected chi connectivity index (χ4v) is 6.04. The molecular weight excluding hydrogens is 501 g/mol. The highest BCUT2D eigenvalue weighted by Gasteiger charge is 2.75. The third kappa shape index (κ3) is 3.97. The Hall–Kier alpha value is -3.88. The number of ether oxygens (including phenoxy) is 2. The van der Waals surface area contributed by atoms with Gasteiger partial charge in [-0.1, -0.05) is 26.0 Å². The molecule has 1 aromatic heterocycles. The predicted octanol–water partition coefficient (Wildman–Crippen LogP) is 5.73. The number of carbonyl (C=O) groups excluding carboxylic acids is 3. The Morgan fingerprint density at radius 2 is 1.85 bits per heavy atom. The predicted molar refractivity (Wildman–Crippen MR) is 145 cm³/mol. The summed E-state index contributed by atoms with van der Waals surface area (Å²) in [6, 6.07) is 11.6. The summed E-state index contributed by atoms with van der Waals surface area (Å²) in [5.74, 6) is -0.955. The van der Waals surface area contributed by atoms with E-state index in [4.69, 9.17) is 9.47 Å². The van der Waals surface area contributed by atoms with Gasteiger partial charge in [0.2, 0.25) is 0 Å². The second kappa shape index (κ2) is 9.39. The van der Waals surface area contributed by atoms with E-state index in [1.165, 1.54) is 17.0 Å². The first-order chi connectivity index (χ1) is 18.5. The molecule has 2 fully saturated rings. The van der Waals surface area contributed by atoms with E-state index in [1.807, 2.05) is 57.5 Å². The summed E-state index contributed by atoms with van der Waals surface area (Å²) in [5, 5.41) is 3.63. The van der Waals surface area contributed by atoms with Crippen molar-refractivity contribution in [2.24, 2.45) is 10.8 Å².